The third-order valence-corrected chi connectivity index (χ3v) is 7.51. The predicted octanol–water partition coefficient (Wildman–Crippen LogP) is 4.31. The lowest BCUT2D eigenvalue weighted by atomic mass is 10.1. The summed E-state index contributed by atoms with van der Waals surface area (Å²) >= 11 is 6.14. The summed E-state index contributed by atoms with van der Waals surface area (Å²) in [5.41, 5.74) is 0.514. The minimum Gasteiger partial charge on any atom is -0.331 e. The zero-order chi connectivity index (χ0) is 21.3. The molecule has 1 amide bonds. The van der Waals surface area contributed by atoms with Gasteiger partial charge in [-0.3, -0.25) is 4.79 Å². The van der Waals surface area contributed by atoms with Crippen molar-refractivity contribution >= 4 is 27.5 Å². The molecule has 2 aromatic rings. The van der Waals surface area contributed by atoms with Crippen molar-refractivity contribution in [2.75, 3.05) is 7.05 Å². The van der Waals surface area contributed by atoms with Gasteiger partial charge in [0.2, 0.25) is 10.0 Å². The van der Waals surface area contributed by atoms with E-state index in [0.29, 0.717) is 0 Å². The van der Waals surface area contributed by atoms with Crippen LogP contribution in [0.25, 0.3) is 0 Å². The molecule has 0 unspecified atom stereocenters. The van der Waals surface area contributed by atoms with Crippen LogP contribution in [0.3, 0.4) is 0 Å². The van der Waals surface area contributed by atoms with Crippen LogP contribution < -0.4 is 0 Å². The van der Waals surface area contributed by atoms with Crippen LogP contribution in [0.4, 0.5) is 4.39 Å². The Hall–Kier alpha value is -1.96. The number of carbonyl (C=O) groups excluding carboxylic acids is 1. The van der Waals surface area contributed by atoms with Gasteiger partial charge in [0.25, 0.3) is 5.91 Å². The van der Waals surface area contributed by atoms with Gasteiger partial charge in [-0.25, -0.2) is 12.8 Å². The van der Waals surface area contributed by atoms with E-state index in [1.807, 2.05) is 0 Å². The number of hydrogen-bond acceptors (Lipinski definition) is 3. The maximum atomic E-state index is 14.2. The van der Waals surface area contributed by atoms with E-state index in [-0.39, 0.29) is 45.6 Å². The largest absolute Gasteiger partial charge is 0.331 e. The molecule has 29 heavy (non-hydrogen) atoms. The van der Waals surface area contributed by atoms with E-state index in [2.05, 4.69) is 0 Å². The number of hydrogen-bond donors (Lipinski definition) is 0. The molecule has 1 aliphatic carbocycles. The Morgan fingerprint density at radius 1 is 1.21 bits per heavy atom. The first-order chi connectivity index (χ1) is 13.6. The molecule has 0 bridgehead atoms. The summed E-state index contributed by atoms with van der Waals surface area (Å²) < 4.78 is 41.1. The molecular formula is C21H24ClFN2O3S. The van der Waals surface area contributed by atoms with Gasteiger partial charge < -0.3 is 4.90 Å². The molecular weight excluding hydrogens is 415 g/mol. The summed E-state index contributed by atoms with van der Waals surface area (Å²) in [6.45, 7) is 3.59. The molecule has 0 heterocycles. The Kier molecular flexibility index (Phi) is 6.31. The van der Waals surface area contributed by atoms with Crippen molar-refractivity contribution in [1.82, 2.24) is 9.21 Å². The monoisotopic (exact) mass is 438 g/mol. The lowest BCUT2D eigenvalue weighted by Crippen LogP contribution is -2.34. The molecule has 3 rings (SSSR count). The number of nitrogens with zero attached hydrogens (tertiary/aromatic N) is 2. The van der Waals surface area contributed by atoms with Crippen LogP contribution in [0.2, 0.25) is 5.02 Å². The zero-order valence-electron chi connectivity index (χ0n) is 16.6. The van der Waals surface area contributed by atoms with Gasteiger partial charge in [0.1, 0.15) is 5.82 Å². The second-order valence-electron chi connectivity index (χ2n) is 7.51. The van der Waals surface area contributed by atoms with Crippen molar-refractivity contribution in [3.63, 3.8) is 0 Å². The smallest absolute Gasteiger partial charge is 0.254 e. The van der Waals surface area contributed by atoms with Crippen LogP contribution in [-0.4, -0.2) is 42.7 Å². The molecule has 0 radical (unpaired) electrons. The highest BCUT2D eigenvalue weighted by molar-refractivity contribution is 7.89. The summed E-state index contributed by atoms with van der Waals surface area (Å²) in [5.74, 6) is -0.804. The molecule has 8 heteroatoms. The fraction of sp³-hybridized carbons (Fsp3) is 0.381. The van der Waals surface area contributed by atoms with Crippen molar-refractivity contribution in [3.05, 3.63) is 64.4 Å². The number of benzene rings is 2. The van der Waals surface area contributed by atoms with Gasteiger partial charge in [-0.05, 0) is 57.0 Å². The second kappa shape index (κ2) is 8.42. The molecule has 0 saturated heterocycles. The first kappa shape index (κ1) is 21.7. The Morgan fingerprint density at radius 2 is 1.86 bits per heavy atom. The Balaban J connectivity index is 1.92. The van der Waals surface area contributed by atoms with Crippen molar-refractivity contribution in [1.29, 1.82) is 0 Å². The number of amides is 1. The van der Waals surface area contributed by atoms with Crippen molar-refractivity contribution in [3.8, 4) is 0 Å². The number of carbonyl (C=O) groups is 1. The minimum atomic E-state index is -3.72. The average molecular weight is 439 g/mol. The quantitative estimate of drug-likeness (QED) is 0.647. The molecule has 0 aliphatic heterocycles. The Labute approximate surface area is 176 Å². The maximum Gasteiger partial charge on any atom is 0.254 e. The molecule has 156 valence electrons. The molecule has 0 N–H and O–H groups in total. The van der Waals surface area contributed by atoms with Crippen LogP contribution in [0.1, 0.15) is 42.6 Å². The summed E-state index contributed by atoms with van der Waals surface area (Å²) in [6.07, 6.45) is 1.65. The number of rotatable bonds is 7. The van der Waals surface area contributed by atoms with Gasteiger partial charge in [-0.15, -0.1) is 0 Å². The SMILES string of the molecule is CC(C)N(C)S(=O)(=O)c1cccc(C(=O)N(Cc2c(F)cccc2Cl)C2CC2)c1. The van der Waals surface area contributed by atoms with Crippen LogP contribution in [0.5, 0.6) is 0 Å². The average Bonchev–Trinajstić information content (AvgIpc) is 3.52. The summed E-state index contributed by atoms with van der Waals surface area (Å²) in [4.78, 5) is 14.8. The molecule has 1 saturated carbocycles. The van der Waals surface area contributed by atoms with E-state index in [0.717, 1.165) is 12.8 Å². The fourth-order valence-electron chi connectivity index (χ4n) is 3.01. The van der Waals surface area contributed by atoms with Crippen LogP contribution in [0.15, 0.2) is 47.4 Å². The Bertz CT molecular complexity index is 1000. The standard InChI is InChI=1S/C21H24ClFN2O3S/c1-14(2)24(3)29(27,28)17-7-4-6-15(12-17)21(26)25(16-10-11-16)13-18-19(22)8-5-9-20(18)23/h4-9,12,14,16H,10-11,13H2,1-3H3. The fourth-order valence-corrected chi connectivity index (χ4v) is 4.64. The Morgan fingerprint density at radius 3 is 2.45 bits per heavy atom. The molecule has 0 atom stereocenters. The van der Waals surface area contributed by atoms with E-state index >= 15 is 0 Å². The highest BCUT2D eigenvalue weighted by Gasteiger charge is 2.34. The van der Waals surface area contributed by atoms with Crippen molar-refractivity contribution in [2.24, 2.45) is 0 Å². The molecule has 5 nitrogen and oxygen atoms in total. The molecule has 1 aliphatic rings. The molecule has 0 aromatic heterocycles. The maximum absolute atomic E-state index is 14.2. The van der Waals surface area contributed by atoms with Crippen molar-refractivity contribution in [2.45, 2.75) is 50.2 Å². The molecule has 0 spiro atoms. The highest BCUT2D eigenvalue weighted by Crippen LogP contribution is 2.32. The third-order valence-electron chi connectivity index (χ3n) is 5.12. The van der Waals surface area contributed by atoms with Gasteiger partial charge >= 0.3 is 0 Å². The first-order valence-electron chi connectivity index (χ1n) is 9.45. The van der Waals surface area contributed by atoms with E-state index in [4.69, 9.17) is 11.6 Å². The van der Waals surface area contributed by atoms with Gasteiger partial charge in [0, 0.05) is 35.3 Å². The minimum absolute atomic E-state index is 0.00299. The lowest BCUT2D eigenvalue weighted by Gasteiger charge is -2.24. The van der Waals surface area contributed by atoms with Crippen molar-refractivity contribution < 1.29 is 17.6 Å². The van der Waals surface area contributed by atoms with Gasteiger partial charge in [0.05, 0.1) is 11.4 Å². The topological polar surface area (TPSA) is 57.7 Å². The van der Waals surface area contributed by atoms with Crippen LogP contribution >= 0.6 is 11.6 Å². The predicted molar refractivity (Wildman–Crippen MR) is 111 cm³/mol. The number of halogens is 2. The van der Waals surface area contributed by atoms with E-state index < -0.39 is 15.8 Å². The summed E-state index contributed by atoms with van der Waals surface area (Å²) in [5, 5.41) is 0.262. The van der Waals surface area contributed by atoms with E-state index in [1.165, 1.54) is 35.6 Å². The van der Waals surface area contributed by atoms with E-state index in [1.54, 1.807) is 36.9 Å². The lowest BCUT2D eigenvalue weighted by molar-refractivity contribution is 0.0728. The normalized spacial score (nSPS) is 14.4. The van der Waals surface area contributed by atoms with Crippen LogP contribution in [-0.2, 0) is 16.6 Å². The van der Waals surface area contributed by atoms with Gasteiger partial charge in [0.15, 0.2) is 0 Å². The van der Waals surface area contributed by atoms with Gasteiger partial charge in [-0.1, -0.05) is 23.7 Å². The van der Waals surface area contributed by atoms with Gasteiger partial charge in [-0.2, -0.15) is 4.31 Å². The van der Waals surface area contributed by atoms with E-state index in [9.17, 15) is 17.6 Å². The number of sulfonamides is 1. The third kappa shape index (κ3) is 4.63. The second-order valence-corrected chi connectivity index (χ2v) is 9.91. The first-order valence-corrected chi connectivity index (χ1v) is 11.3. The summed E-state index contributed by atoms with van der Waals surface area (Å²) in [6, 6.07) is 10.2. The zero-order valence-corrected chi connectivity index (χ0v) is 18.2. The summed E-state index contributed by atoms with van der Waals surface area (Å²) in [7, 11) is -2.21. The van der Waals surface area contributed by atoms with Crippen LogP contribution in [0, 0.1) is 5.82 Å². The molecule has 1 fully saturated rings. The highest BCUT2D eigenvalue weighted by atomic mass is 35.5. The molecule has 2 aromatic carbocycles.